The van der Waals surface area contributed by atoms with E-state index in [1.165, 1.54) is 6.92 Å². The highest BCUT2D eigenvalue weighted by Gasteiger charge is 2.35. The number of nitrogens with two attached hydrogens (primary N) is 6. The second-order valence-electron chi connectivity index (χ2n) is 17.2. The standard InChI is InChI=1S/C42H72N16O16/c1-19(2)17-28(58-39(73)26(11-14-31(63)64)55-37(71)24(52-21(4)59)10-13-30(61)62)40(74)56-25(9-12-29(43)60)38(72)54-23(8-6-16-50-42(47)48)36(70)53-22(7-5-15-49-41(45)46)35(69)51-20(3)34(68)57-27(33(44)67)18-32(65)66/h19-20,22-28H,5-18H2,1-4H3,(H2,43,60)(H2,44,67)(H,51,69)(H,52,59)(H,53,70)(H,54,72)(H,55,71)(H,56,74)(H,57,68)(H,58,73)(H,61,62)(H,63,64)(H,65,66)(H4,45,46,49)(H4,47,48,50)/t20-,22-,23-,24-,25-,26-,27-,28-/m0/s1. The number of aliphatic carboxylic acids is 3. The van der Waals surface area contributed by atoms with Crippen LogP contribution in [0.4, 0.5) is 0 Å². The molecule has 0 heterocycles. The number of primary amides is 2. The topological polar surface area (TPSA) is 560 Å². The summed E-state index contributed by atoms with van der Waals surface area (Å²) in [4.78, 5) is 173. The van der Waals surface area contributed by atoms with Crippen LogP contribution in [-0.2, 0) is 62.3 Å². The fourth-order valence-corrected chi connectivity index (χ4v) is 6.56. The van der Waals surface area contributed by atoms with E-state index in [1.54, 1.807) is 13.8 Å². The second kappa shape index (κ2) is 34.1. The average molecular weight is 1060 g/mol. The molecule has 0 rings (SSSR count). The summed E-state index contributed by atoms with van der Waals surface area (Å²) in [6.07, 6.45) is -4.56. The molecule has 0 radical (unpaired) electrons. The van der Waals surface area contributed by atoms with E-state index >= 15 is 0 Å². The smallest absolute Gasteiger partial charge is 0.305 e. The first-order valence-electron chi connectivity index (χ1n) is 23.2. The molecule has 0 aromatic carbocycles. The van der Waals surface area contributed by atoms with Gasteiger partial charge in [-0.3, -0.25) is 72.3 Å². The maximum atomic E-state index is 14.1. The van der Waals surface area contributed by atoms with Crippen molar-refractivity contribution >= 4 is 88.9 Å². The van der Waals surface area contributed by atoms with Crippen LogP contribution < -0.4 is 76.9 Å². The van der Waals surface area contributed by atoms with Crippen molar-refractivity contribution in [3.05, 3.63) is 0 Å². The zero-order valence-electron chi connectivity index (χ0n) is 41.6. The third-order valence-corrected chi connectivity index (χ3v) is 10.2. The Balaban J connectivity index is 6.94. The van der Waals surface area contributed by atoms with Crippen LogP contribution in [0.25, 0.3) is 0 Å². The maximum absolute atomic E-state index is 14.1. The average Bonchev–Trinajstić information content (AvgIpc) is 3.27. The Hall–Kier alpha value is -8.35. The van der Waals surface area contributed by atoms with Crippen molar-refractivity contribution in [3.63, 3.8) is 0 Å². The molecular formula is C42H72N16O16. The number of amides is 10. The van der Waals surface area contributed by atoms with Gasteiger partial charge in [0, 0.05) is 39.3 Å². The van der Waals surface area contributed by atoms with Gasteiger partial charge in [0.15, 0.2) is 11.9 Å². The van der Waals surface area contributed by atoms with E-state index in [9.17, 15) is 67.4 Å². The number of aliphatic imine (C=N–C) groups is 2. The molecule has 0 aliphatic rings. The van der Waals surface area contributed by atoms with Gasteiger partial charge < -0.3 is 92.3 Å². The molecule has 0 aliphatic carbocycles. The Morgan fingerprint density at radius 3 is 1.09 bits per heavy atom. The zero-order chi connectivity index (χ0) is 56.8. The highest BCUT2D eigenvalue weighted by Crippen LogP contribution is 2.11. The normalized spacial score (nSPS) is 14.0. The minimum atomic E-state index is -1.67. The van der Waals surface area contributed by atoms with E-state index in [-0.39, 0.29) is 63.0 Å². The number of carbonyl (C=O) groups is 13. The summed E-state index contributed by atoms with van der Waals surface area (Å²) in [5.74, 6) is -15.2. The number of rotatable bonds is 37. The molecule has 0 saturated heterocycles. The fraction of sp³-hybridized carbons (Fsp3) is 0.643. The summed E-state index contributed by atoms with van der Waals surface area (Å²) in [5.41, 5.74) is 32.3. The van der Waals surface area contributed by atoms with Gasteiger partial charge in [-0.2, -0.15) is 0 Å². The predicted octanol–water partition coefficient (Wildman–Crippen LogP) is -6.99. The van der Waals surface area contributed by atoms with Crippen LogP contribution in [0.2, 0.25) is 0 Å². The number of hydrogen-bond donors (Lipinski definition) is 17. The van der Waals surface area contributed by atoms with Crippen molar-refractivity contribution in [2.45, 2.75) is 153 Å². The lowest BCUT2D eigenvalue weighted by atomic mass is 10.0. The lowest BCUT2D eigenvalue weighted by Crippen LogP contribution is -2.60. The maximum Gasteiger partial charge on any atom is 0.305 e. The highest BCUT2D eigenvalue weighted by atomic mass is 16.4. The molecule has 0 unspecified atom stereocenters. The van der Waals surface area contributed by atoms with Crippen molar-refractivity contribution in [1.29, 1.82) is 0 Å². The monoisotopic (exact) mass is 1060 g/mol. The molecule has 0 saturated carbocycles. The Labute approximate surface area is 424 Å². The first-order chi connectivity index (χ1) is 34.4. The van der Waals surface area contributed by atoms with Crippen LogP contribution in [-0.4, -0.2) is 166 Å². The molecule has 0 fully saturated rings. The molecule has 0 bridgehead atoms. The van der Waals surface area contributed by atoms with Crippen molar-refractivity contribution in [1.82, 2.24) is 42.5 Å². The van der Waals surface area contributed by atoms with Gasteiger partial charge >= 0.3 is 17.9 Å². The van der Waals surface area contributed by atoms with Crippen LogP contribution in [0.1, 0.15) is 105 Å². The van der Waals surface area contributed by atoms with E-state index in [0.717, 1.165) is 6.92 Å². The molecule has 10 amide bonds. The van der Waals surface area contributed by atoms with Gasteiger partial charge in [-0.15, -0.1) is 0 Å². The molecule has 0 aromatic heterocycles. The number of carboxylic acid groups (broad SMARTS) is 3. The molecule has 0 spiro atoms. The molecular weight excluding hydrogens is 985 g/mol. The van der Waals surface area contributed by atoms with Crippen molar-refractivity contribution in [2.75, 3.05) is 13.1 Å². The van der Waals surface area contributed by atoms with Gasteiger partial charge in [-0.25, -0.2) is 0 Å². The Morgan fingerprint density at radius 1 is 0.419 bits per heavy atom. The summed E-state index contributed by atoms with van der Waals surface area (Å²) in [7, 11) is 0. The molecule has 32 heteroatoms. The van der Waals surface area contributed by atoms with E-state index in [0.29, 0.717) is 0 Å². The third-order valence-electron chi connectivity index (χ3n) is 10.2. The second-order valence-corrected chi connectivity index (χ2v) is 17.2. The minimum absolute atomic E-state index is 0.0116. The van der Waals surface area contributed by atoms with Gasteiger partial charge in [0.2, 0.25) is 59.1 Å². The lowest BCUT2D eigenvalue weighted by Gasteiger charge is -2.28. The zero-order valence-corrected chi connectivity index (χ0v) is 41.6. The number of carboxylic acids is 3. The third kappa shape index (κ3) is 29.1. The van der Waals surface area contributed by atoms with Crippen LogP contribution in [0.3, 0.4) is 0 Å². The van der Waals surface area contributed by atoms with E-state index < -0.39 is 170 Å². The van der Waals surface area contributed by atoms with Crippen LogP contribution >= 0.6 is 0 Å². The number of hydrogen-bond acceptors (Lipinski definition) is 15. The van der Waals surface area contributed by atoms with Gasteiger partial charge in [-0.05, 0) is 64.2 Å². The number of nitrogens with one attached hydrogen (secondary N) is 8. The number of nitrogens with zero attached hydrogens (tertiary/aromatic N) is 2. The fourth-order valence-electron chi connectivity index (χ4n) is 6.56. The Morgan fingerprint density at radius 2 is 0.757 bits per heavy atom. The number of guanidine groups is 2. The molecule has 32 nitrogen and oxygen atoms in total. The number of carbonyl (C=O) groups excluding carboxylic acids is 10. The van der Waals surface area contributed by atoms with Crippen LogP contribution in [0.15, 0.2) is 9.98 Å². The summed E-state index contributed by atoms with van der Waals surface area (Å²) in [6, 6.07) is -12.5. The summed E-state index contributed by atoms with van der Waals surface area (Å²) < 4.78 is 0. The molecule has 0 aromatic rings. The van der Waals surface area contributed by atoms with E-state index in [4.69, 9.17) is 44.6 Å². The summed E-state index contributed by atoms with van der Waals surface area (Å²) >= 11 is 0. The van der Waals surface area contributed by atoms with E-state index in [2.05, 4.69) is 52.5 Å². The highest BCUT2D eigenvalue weighted by molar-refractivity contribution is 5.98. The lowest BCUT2D eigenvalue weighted by molar-refractivity contribution is -0.140. The van der Waals surface area contributed by atoms with Gasteiger partial charge in [0.25, 0.3) is 0 Å². The first-order valence-corrected chi connectivity index (χ1v) is 23.2. The van der Waals surface area contributed by atoms with Crippen LogP contribution in [0, 0.1) is 5.92 Å². The first kappa shape index (κ1) is 65.7. The molecule has 23 N–H and O–H groups in total. The quantitative estimate of drug-likeness (QED) is 0.0156. The SMILES string of the molecule is CC(=O)N[C@@H](CCC(=O)O)C(=O)N[C@@H](CCC(=O)O)C(=O)N[C@@H](CC(C)C)C(=O)N[C@@H](CCC(N)=O)C(=O)N[C@@H](CCCN=C(N)N)C(=O)N[C@@H](CCCN=C(N)N)C(=O)N[C@@H](C)C(=O)N[C@@H](CC(=O)O)C(N)=O. The van der Waals surface area contributed by atoms with Crippen molar-refractivity contribution in [2.24, 2.45) is 50.3 Å². The molecule has 0 aliphatic heterocycles. The molecule has 416 valence electrons. The van der Waals surface area contributed by atoms with Crippen molar-refractivity contribution in [3.8, 4) is 0 Å². The largest absolute Gasteiger partial charge is 0.481 e. The Kier molecular flexibility index (Phi) is 30.2. The summed E-state index contributed by atoms with van der Waals surface area (Å²) in [6.45, 7) is 5.43. The predicted molar refractivity (Wildman–Crippen MR) is 260 cm³/mol. The van der Waals surface area contributed by atoms with Gasteiger partial charge in [-0.1, -0.05) is 13.8 Å². The summed E-state index contributed by atoms with van der Waals surface area (Å²) in [5, 5.41) is 46.5. The molecule has 8 atom stereocenters. The minimum Gasteiger partial charge on any atom is -0.481 e. The van der Waals surface area contributed by atoms with Crippen LogP contribution in [0.5, 0.6) is 0 Å². The van der Waals surface area contributed by atoms with Crippen molar-refractivity contribution < 1.29 is 77.6 Å². The van der Waals surface area contributed by atoms with Gasteiger partial charge in [0.1, 0.15) is 48.3 Å². The van der Waals surface area contributed by atoms with E-state index in [1.807, 2.05) is 0 Å². The van der Waals surface area contributed by atoms with Gasteiger partial charge in [0.05, 0.1) is 6.42 Å². The molecule has 74 heavy (non-hydrogen) atoms. The Bertz CT molecular complexity index is 2080.